The summed E-state index contributed by atoms with van der Waals surface area (Å²) in [6.45, 7) is 17.4. The third kappa shape index (κ3) is 7.06. The molecule has 1 aliphatic rings. The van der Waals surface area contributed by atoms with Crippen molar-refractivity contribution in [3.8, 4) is 0 Å². The number of benzene rings is 3. The van der Waals surface area contributed by atoms with E-state index in [4.69, 9.17) is 9.47 Å². The van der Waals surface area contributed by atoms with Gasteiger partial charge in [0, 0.05) is 0 Å². The molecule has 0 N–H and O–H groups in total. The van der Waals surface area contributed by atoms with Crippen molar-refractivity contribution in [2.45, 2.75) is 143 Å². The van der Waals surface area contributed by atoms with E-state index in [1.54, 1.807) is 0 Å². The lowest BCUT2D eigenvalue weighted by Gasteiger charge is -2.38. The van der Waals surface area contributed by atoms with Crippen LogP contribution in [-0.2, 0) is 46.0 Å². The van der Waals surface area contributed by atoms with E-state index in [1.165, 1.54) is 110 Å². The number of carbonyl (C=O) groups is 2. The van der Waals surface area contributed by atoms with Crippen LogP contribution < -0.4 is 0 Å². The molecule has 0 amide bonds. The second-order valence-corrected chi connectivity index (χ2v) is 15.4. The monoisotopic (exact) mass is 626 g/mol. The van der Waals surface area contributed by atoms with E-state index >= 15 is 0 Å². The minimum Gasteiger partial charge on any atom is -0.465 e. The van der Waals surface area contributed by atoms with Crippen LogP contribution >= 0.6 is 0 Å². The van der Waals surface area contributed by atoms with Gasteiger partial charge in [-0.2, -0.15) is 0 Å². The molecule has 0 unspecified atom stereocenters. The summed E-state index contributed by atoms with van der Waals surface area (Å²) in [4.78, 5) is 27.5. The molecule has 4 rings (SSSR count). The molecule has 46 heavy (non-hydrogen) atoms. The van der Waals surface area contributed by atoms with Crippen LogP contribution in [0.25, 0.3) is 10.8 Å². The zero-order valence-electron chi connectivity index (χ0n) is 30.4. The van der Waals surface area contributed by atoms with Gasteiger partial charge in [-0.3, -0.25) is 0 Å². The molecule has 0 saturated heterocycles. The van der Waals surface area contributed by atoms with E-state index in [2.05, 4.69) is 79.7 Å². The highest BCUT2D eigenvalue weighted by atomic mass is 16.5. The second kappa shape index (κ2) is 14.7. The van der Waals surface area contributed by atoms with Gasteiger partial charge in [0.25, 0.3) is 0 Å². The van der Waals surface area contributed by atoms with E-state index in [1.807, 2.05) is 0 Å². The number of hydrogen-bond donors (Lipinski definition) is 0. The van der Waals surface area contributed by atoms with Gasteiger partial charge in [0.2, 0.25) is 0 Å². The minimum atomic E-state index is -0.473. The Kier molecular flexibility index (Phi) is 11.4. The third-order valence-corrected chi connectivity index (χ3v) is 9.93. The van der Waals surface area contributed by atoms with Crippen LogP contribution in [0, 0.1) is 0 Å². The fraction of sp³-hybridized carbons (Fsp3) is 0.571. The number of aryl methyl sites for hydroxylation is 2. The Morgan fingerprint density at radius 2 is 0.957 bits per heavy atom. The number of rotatable bonds is 12. The third-order valence-electron chi connectivity index (χ3n) is 9.93. The molecule has 0 spiro atoms. The fourth-order valence-electron chi connectivity index (χ4n) is 8.02. The average Bonchev–Trinajstić information content (AvgIpc) is 3.01. The molecule has 4 nitrogen and oxygen atoms in total. The second-order valence-electron chi connectivity index (χ2n) is 15.4. The summed E-state index contributed by atoms with van der Waals surface area (Å²) < 4.78 is 10.9. The van der Waals surface area contributed by atoms with Gasteiger partial charge < -0.3 is 9.47 Å². The summed E-state index contributed by atoms with van der Waals surface area (Å²) in [7, 11) is 2.82. The molecule has 0 radical (unpaired) electrons. The largest absolute Gasteiger partial charge is 0.465 e. The van der Waals surface area contributed by atoms with E-state index in [0.717, 1.165) is 36.8 Å². The number of unbranched alkanes of at least 4 members (excludes halogenated alkanes) is 6. The van der Waals surface area contributed by atoms with Crippen LogP contribution in [-0.4, -0.2) is 26.2 Å². The Morgan fingerprint density at radius 3 is 1.26 bits per heavy atom. The van der Waals surface area contributed by atoms with Gasteiger partial charge in [-0.25, -0.2) is 9.59 Å². The van der Waals surface area contributed by atoms with Crippen LogP contribution in [0.1, 0.15) is 172 Å². The summed E-state index contributed by atoms with van der Waals surface area (Å²) >= 11 is 0. The number of hydrogen-bond acceptors (Lipinski definition) is 4. The first-order valence-electron chi connectivity index (χ1n) is 17.7. The number of ether oxygens (including phenoxy) is 2. The molecule has 0 aromatic heterocycles. The van der Waals surface area contributed by atoms with Crippen molar-refractivity contribution >= 4 is 22.7 Å². The van der Waals surface area contributed by atoms with Gasteiger partial charge in [-0.1, -0.05) is 118 Å². The summed E-state index contributed by atoms with van der Waals surface area (Å²) in [6.07, 6.45) is 13.3. The molecular formula is C42H58O4. The molecular weight excluding hydrogens is 568 g/mol. The van der Waals surface area contributed by atoms with Crippen LogP contribution in [0.15, 0.2) is 24.3 Å². The van der Waals surface area contributed by atoms with Crippen LogP contribution in [0.3, 0.4) is 0 Å². The molecule has 0 bridgehead atoms. The van der Waals surface area contributed by atoms with Gasteiger partial charge in [0.05, 0.1) is 25.3 Å². The van der Waals surface area contributed by atoms with Crippen LogP contribution in [0.2, 0.25) is 0 Å². The first-order chi connectivity index (χ1) is 21.8. The van der Waals surface area contributed by atoms with Crippen LogP contribution in [0.4, 0.5) is 0 Å². The average molecular weight is 627 g/mol. The van der Waals surface area contributed by atoms with E-state index in [-0.39, 0.29) is 0 Å². The maximum absolute atomic E-state index is 13.8. The van der Waals surface area contributed by atoms with Crippen molar-refractivity contribution in [3.63, 3.8) is 0 Å². The normalized spacial score (nSPS) is 13.0. The predicted molar refractivity (Wildman–Crippen MR) is 192 cm³/mol. The number of carbonyl (C=O) groups excluding carboxylic acids is 2. The Balaban J connectivity index is 2.14. The van der Waals surface area contributed by atoms with Crippen LogP contribution in [0.5, 0.6) is 0 Å². The molecule has 0 fully saturated rings. The van der Waals surface area contributed by atoms with Gasteiger partial charge in [0.15, 0.2) is 0 Å². The molecule has 0 atom stereocenters. The number of fused-ring (bicyclic) bond motifs is 3. The topological polar surface area (TPSA) is 52.6 Å². The fourth-order valence-corrected chi connectivity index (χ4v) is 8.02. The highest BCUT2D eigenvalue weighted by molar-refractivity contribution is 6.07. The summed E-state index contributed by atoms with van der Waals surface area (Å²) in [5.74, 6) is -0.946. The lowest BCUT2D eigenvalue weighted by Crippen LogP contribution is -2.32. The lowest BCUT2D eigenvalue weighted by atomic mass is 9.65. The van der Waals surface area contributed by atoms with E-state index in [9.17, 15) is 9.59 Å². The first-order valence-corrected chi connectivity index (χ1v) is 17.7. The molecule has 4 heteroatoms. The molecule has 0 aliphatic heterocycles. The molecule has 250 valence electrons. The van der Waals surface area contributed by atoms with Gasteiger partial charge in [-0.15, -0.1) is 0 Å². The summed E-state index contributed by atoms with van der Waals surface area (Å²) in [6, 6.07) is 9.05. The zero-order chi connectivity index (χ0) is 33.8. The standard InChI is InChI=1S/C42H58O4/c1-11-13-15-17-21-29-27-23-19-20-24-28(27)30(22-18-16-14-12-2)32-26-34-33(25-31(29)32)37(41(3,4)5)35(39(43)45-9)36(40(44)46-10)38(34)42(6,7)8/h19-20,23-24H,11-18,21-22,25-26H2,1-10H3. The minimum absolute atomic E-state index is 0.374. The Labute approximate surface area is 278 Å². The van der Waals surface area contributed by atoms with Crippen molar-refractivity contribution in [1.29, 1.82) is 0 Å². The molecule has 0 heterocycles. The smallest absolute Gasteiger partial charge is 0.339 e. The Hall–Kier alpha value is -3.14. The SMILES string of the molecule is CCCCCCc1c2c(c(CCCCCC)c3ccccc13)Cc1c(c(C(C)(C)C)c(C(=O)OC)c(C(=O)OC)c1C(C)(C)C)C2. The number of methoxy groups -OCH3 is 2. The van der Waals surface area contributed by atoms with Crippen molar-refractivity contribution in [1.82, 2.24) is 0 Å². The van der Waals surface area contributed by atoms with Gasteiger partial charge >= 0.3 is 11.9 Å². The quantitative estimate of drug-likeness (QED) is 0.116. The molecule has 1 aliphatic carbocycles. The van der Waals surface area contributed by atoms with Crippen molar-refractivity contribution in [3.05, 3.63) is 79.9 Å². The van der Waals surface area contributed by atoms with E-state index in [0.29, 0.717) is 11.1 Å². The van der Waals surface area contributed by atoms with Gasteiger partial charge in [0.1, 0.15) is 0 Å². The Morgan fingerprint density at radius 1 is 0.587 bits per heavy atom. The van der Waals surface area contributed by atoms with E-state index < -0.39 is 22.8 Å². The van der Waals surface area contributed by atoms with Crippen molar-refractivity contribution < 1.29 is 19.1 Å². The zero-order valence-corrected chi connectivity index (χ0v) is 30.4. The highest BCUT2D eigenvalue weighted by Gasteiger charge is 2.41. The van der Waals surface area contributed by atoms with Crippen molar-refractivity contribution in [2.24, 2.45) is 0 Å². The molecule has 0 saturated carbocycles. The maximum atomic E-state index is 13.8. The summed E-state index contributed by atoms with van der Waals surface area (Å²) in [5, 5.41) is 2.78. The van der Waals surface area contributed by atoms with Crippen molar-refractivity contribution in [2.75, 3.05) is 14.2 Å². The maximum Gasteiger partial charge on any atom is 0.339 e. The number of esters is 2. The predicted octanol–water partition coefficient (Wildman–Crippen LogP) is 10.7. The van der Waals surface area contributed by atoms with Gasteiger partial charge in [-0.05, 0) is 105 Å². The highest BCUT2D eigenvalue weighted by Crippen LogP contribution is 2.48. The molecule has 3 aromatic carbocycles. The Bertz CT molecular complexity index is 1460. The lowest BCUT2D eigenvalue weighted by molar-refractivity contribution is 0.0550. The first kappa shape index (κ1) is 35.7. The molecule has 3 aromatic rings. The summed E-state index contributed by atoms with van der Waals surface area (Å²) in [5.41, 5.74) is 9.98.